The number of nitrogens with one attached hydrogen (secondary N) is 3. The minimum absolute atomic E-state index is 0.00139. The van der Waals surface area contributed by atoms with Gasteiger partial charge in [-0.3, -0.25) is 16.2 Å². The average molecular weight is 332 g/mol. The van der Waals surface area contributed by atoms with E-state index in [0.29, 0.717) is 27.2 Å². The van der Waals surface area contributed by atoms with Crippen LogP contribution in [0.4, 0.5) is 5.69 Å². The Bertz CT molecular complexity index is 1260. The molecule has 3 aromatic carbocycles. The predicted octanol–water partition coefficient (Wildman–Crippen LogP) is 0.957. The Morgan fingerprint density at radius 1 is 0.800 bits per heavy atom. The third-order valence-corrected chi connectivity index (χ3v) is 3.98. The van der Waals surface area contributed by atoms with Crippen LogP contribution in [0.2, 0.25) is 0 Å². The lowest BCUT2D eigenvalue weighted by atomic mass is 9.99. The first-order valence-corrected chi connectivity index (χ1v) is 7.36. The Morgan fingerprint density at radius 3 is 2.08 bits per heavy atom. The fourth-order valence-electron chi connectivity index (χ4n) is 2.80. The number of hydrogen-bond donors (Lipinski definition) is 5. The summed E-state index contributed by atoms with van der Waals surface area (Å²) in [6.45, 7) is 0. The zero-order valence-corrected chi connectivity index (χ0v) is 12.8. The molecule has 0 saturated heterocycles. The number of fused-ring (bicyclic) bond motifs is 2. The fraction of sp³-hybridized carbons (Fsp3) is 0. The molecule has 0 fully saturated rings. The predicted molar refractivity (Wildman–Crippen MR) is 90.1 cm³/mol. The summed E-state index contributed by atoms with van der Waals surface area (Å²) in [6, 6.07) is 12.1. The van der Waals surface area contributed by atoms with E-state index < -0.39 is 0 Å². The van der Waals surface area contributed by atoms with Crippen LogP contribution in [0.5, 0.6) is 11.5 Å². The van der Waals surface area contributed by atoms with Gasteiger partial charge in [0.1, 0.15) is 11.5 Å². The maximum atomic E-state index is 10.7. The molecule has 1 heterocycles. The van der Waals surface area contributed by atoms with Gasteiger partial charge >= 0.3 is 0 Å². The molecule has 0 spiro atoms. The van der Waals surface area contributed by atoms with Crippen molar-refractivity contribution in [3.05, 3.63) is 58.8 Å². The molecule has 0 radical (unpaired) electrons. The molecule has 1 aromatic heterocycles. The summed E-state index contributed by atoms with van der Waals surface area (Å²) < 4.78 is 0. The molecule has 0 aliphatic carbocycles. The van der Waals surface area contributed by atoms with E-state index in [1.54, 1.807) is 42.5 Å². The molecule has 0 unspecified atom stereocenters. The smallest absolute Gasteiger partial charge is 0.198 e. The van der Waals surface area contributed by atoms with Gasteiger partial charge in [0.25, 0.3) is 0 Å². The molecule has 0 aliphatic heterocycles. The Morgan fingerprint density at radius 2 is 1.40 bits per heavy atom. The van der Waals surface area contributed by atoms with Crippen molar-refractivity contribution in [1.29, 1.82) is 10.8 Å². The second-order valence-corrected chi connectivity index (χ2v) is 5.44. The topological polar surface area (TPSA) is 138 Å². The van der Waals surface area contributed by atoms with Gasteiger partial charge < -0.3 is 10.2 Å². The van der Waals surface area contributed by atoms with Crippen LogP contribution in [-0.2, 0) is 0 Å². The molecular formula is C17H12N6O2. The van der Waals surface area contributed by atoms with E-state index in [-0.39, 0.29) is 27.8 Å². The molecule has 0 bridgehead atoms. The molecule has 4 aromatic rings. The van der Waals surface area contributed by atoms with Gasteiger partial charge in [0, 0.05) is 16.2 Å². The van der Waals surface area contributed by atoms with E-state index in [9.17, 15) is 10.2 Å². The maximum Gasteiger partial charge on any atom is 0.198 e. The number of phenolic OH excluding ortho intramolecular Hbond substituents is 2. The van der Waals surface area contributed by atoms with E-state index in [1.807, 2.05) is 0 Å². The Balaban J connectivity index is 2.01. The largest absolute Gasteiger partial charge is 0.507 e. The molecule has 0 amide bonds. The standard InChI is InChI=1S/C17H12N6O2/c18-16-13(17(19)23-22-16)21-20-11-7-3-6-10-12(11)15(25)9-5-2-1-4-8(9)14(10)24/h1-7,18-20,24-25H. The molecular weight excluding hydrogens is 320 g/mol. The van der Waals surface area contributed by atoms with Gasteiger partial charge in [0.2, 0.25) is 0 Å². The van der Waals surface area contributed by atoms with Crippen LogP contribution < -0.4 is 21.8 Å². The second kappa shape index (κ2) is 5.38. The number of nitrogens with zero attached hydrogens (tertiary/aromatic N) is 3. The van der Waals surface area contributed by atoms with Gasteiger partial charge in [-0.25, -0.2) is 0 Å². The van der Waals surface area contributed by atoms with E-state index >= 15 is 0 Å². The normalized spacial score (nSPS) is 11.0. The maximum absolute atomic E-state index is 10.7. The first-order chi connectivity index (χ1) is 12.1. The third kappa shape index (κ3) is 2.19. The van der Waals surface area contributed by atoms with Crippen LogP contribution in [0, 0.1) is 10.8 Å². The number of phenols is 2. The van der Waals surface area contributed by atoms with Crippen LogP contribution in [0.15, 0.2) is 47.6 Å². The van der Waals surface area contributed by atoms with Crippen LogP contribution >= 0.6 is 0 Å². The summed E-state index contributed by atoms with van der Waals surface area (Å²) in [4.78, 5) is 0. The van der Waals surface area contributed by atoms with Crippen LogP contribution in [0.3, 0.4) is 0 Å². The van der Waals surface area contributed by atoms with Crippen molar-refractivity contribution in [2.45, 2.75) is 0 Å². The average Bonchev–Trinajstić information content (AvgIpc) is 2.95. The van der Waals surface area contributed by atoms with Crippen molar-refractivity contribution in [2.24, 2.45) is 5.10 Å². The van der Waals surface area contributed by atoms with E-state index in [4.69, 9.17) is 10.8 Å². The third-order valence-electron chi connectivity index (χ3n) is 3.98. The zero-order chi connectivity index (χ0) is 17.6. The summed E-state index contributed by atoms with van der Waals surface area (Å²) in [5.41, 5.74) is 2.74. The summed E-state index contributed by atoms with van der Waals surface area (Å²) in [5, 5.41) is 49.3. The zero-order valence-electron chi connectivity index (χ0n) is 12.8. The number of anilines is 1. The minimum atomic E-state index is -0.213. The minimum Gasteiger partial charge on any atom is -0.507 e. The van der Waals surface area contributed by atoms with Crippen molar-refractivity contribution in [2.75, 3.05) is 5.43 Å². The first-order valence-electron chi connectivity index (χ1n) is 7.36. The number of hydrogen-bond acceptors (Lipinski definition) is 8. The van der Waals surface area contributed by atoms with Gasteiger partial charge in [0.15, 0.2) is 16.3 Å². The van der Waals surface area contributed by atoms with E-state index in [2.05, 4.69) is 20.7 Å². The van der Waals surface area contributed by atoms with E-state index in [1.165, 1.54) is 0 Å². The van der Waals surface area contributed by atoms with Gasteiger partial charge in [0.05, 0.1) is 11.1 Å². The van der Waals surface area contributed by atoms with Gasteiger partial charge in [-0.05, 0) is 6.07 Å². The Labute approximate surface area is 140 Å². The van der Waals surface area contributed by atoms with Crippen molar-refractivity contribution in [1.82, 2.24) is 10.2 Å². The second-order valence-electron chi connectivity index (χ2n) is 5.44. The quantitative estimate of drug-likeness (QED) is 0.211. The molecule has 0 saturated carbocycles. The molecule has 0 aliphatic rings. The molecule has 4 rings (SSSR count). The lowest BCUT2D eigenvalue weighted by Crippen LogP contribution is -2.34. The number of rotatable bonds is 2. The lowest BCUT2D eigenvalue weighted by Gasteiger charge is -2.12. The Kier molecular flexibility index (Phi) is 3.17. The molecule has 5 N–H and O–H groups in total. The summed E-state index contributed by atoms with van der Waals surface area (Å²) in [6.07, 6.45) is 0. The highest BCUT2D eigenvalue weighted by Crippen LogP contribution is 2.44. The SMILES string of the molecule is N=c1nnc(=N)c1=NNc1cccc2c(O)c3ccccc3c(O)c12. The first kappa shape index (κ1) is 14.8. The summed E-state index contributed by atoms with van der Waals surface area (Å²) >= 11 is 0. The monoisotopic (exact) mass is 332 g/mol. The van der Waals surface area contributed by atoms with Crippen molar-refractivity contribution in [3.8, 4) is 11.5 Å². The van der Waals surface area contributed by atoms with Crippen molar-refractivity contribution >= 4 is 27.2 Å². The molecule has 0 atom stereocenters. The number of benzene rings is 3. The molecule has 122 valence electrons. The van der Waals surface area contributed by atoms with Gasteiger partial charge in [-0.2, -0.15) is 5.10 Å². The lowest BCUT2D eigenvalue weighted by molar-refractivity contribution is 0.478. The van der Waals surface area contributed by atoms with Crippen molar-refractivity contribution < 1.29 is 10.2 Å². The molecule has 8 heteroatoms. The summed E-state index contributed by atoms with van der Waals surface area (Å²) in [5.74, 6) is 0.0729. The Hall–Kier alpha value is -3.81. The van der Waals surface area contributed by atoms with Crippen LogP contribution in [-0.4, -0.2) is 20.4 Å². The highest BCUT2D eigenvalue weighted by Gasteiger charge is 2.15. The highest BCUT2D eigenvalue weighted by atomic mass is 16.3. The molecule has 8 nitrogen and oxygen atoms in total. The van der Waals surface area contributed by atoms with Crippen LogP contribution in [0.25, 0.3) is 21.5 Å². The number of aromatic hydroxyl groups is 2. The van der Waals surface area contributed by atoms with E-state index in [0.717, 1.165) is 0 Å². The van der Waals surface area contributed by atoms with Gasteiger partial charge in [-0.15, -0.1) is 10.2 Å². The summed E-state index contributed by atoms with van der Waals surface area (Å²) in [7, 11) is 0. The fourth-order valence-corrected chi connectivity index (χ4v) is 2.80. The van der Waals surface area contributed by atoms with Crippen LogP contribution in [0.1, 0.15) is 0 Å². The van der Waals surface area contributed by atoms with Crippen molar-refractivity contribution in [3.63, 3.8) is 0 Å². The molecule has 25 heavy (non-hydrogen) atoms. The number of aromatic nitrogens is 2. The highest BCUT2D eigenvalue weighted by molar-refractivity contribution is 6.14. The van der Waals surface area contributed by atoms with Gasteiger partial charge in [-0.1, -0.05) is 36.4 Å².